The van der Waals surface area contributed by atoms with E-state index in [4.69, 9.17) is 0 Å². The molecule has 1 aromatic heterocycles. The number of fused-ring (bicyclic) bond motifs is 1. The summed E-state index contributed by atoms with van der Waals surface area (Å²) in [6.07, 6.45) is -4.27. The highest BCUT2D eigenvalue weighted by Gasteiger charge is 2.32. The van der Waals surface area contributed by atoms with E-state index >= 15 is 0 Å². The standard InChI is InChI=1S/C30H23F3N4O6/c1-15-20(25(38)16-5-7-17(8-6-16)27(39)37-12-11-18(14-37)28(40)41)3-2-4-21(15)35-26-24(29(42)43)34-22-10-9-19(30(31,32)33)13-23(22)36-26/h2-10,13,18H,11-12,14H2,1H3,(H,35,36)(H,40,41)(H,42,43). The third-order valence-corrected chi connectivity index (χ3v) is 7.24. The van der Waals surface area contributed by atoms with Crippen molar-refractivity contribution in [1.82, 2.24) is 14.9 Å². The number of aromatic nitrogens is 2. The molecule has 0 aliphatic carbocycles. The molecule has 4 aromatic rings. The lowest BCUT2D eigenvalue weighted by molar-refractivity contribution is -0.141. The van der Waals surface area contributed by atoms with Crippen LogP contribution < -0.4 is 5.32 Å². The number of ketones is 1. The molecule has 1 saturated heterocycles. The topological polar surface area (TPSA) is 150 Å². The number of carboxylic acids is 2. The molecule has 0 radical (unpaired) electrons. The van der Waals surface area contributed by atoms with Crippen LogP contribution in [-0.2, 0) is 11.0 Å². The van der Waals surface area contributed by atoms with Crippen LogP contribution in [0.1, 0.15) is 54.3 Å². The lowest BCUT2D eigenvalue weighted by Crippen LogP contribution is -2.29. The number of carbonyl (C=O) groups is 4. The minimum absolute atomic E-state index is 0.0371. The maximum absolute atomic E-state index is 13.4. The van der Waals surface area contributed by atoms with Crippen molar-refractivity contribution in [3.05, 3.63) is 94.2 Å². The average Bonchev–Trinajstić information content (AvgIpc) is 3.47. The van der Waals surface area contributed by atoms with Gasteiger partial charge < -0.3 is 20.4 Å². The van der Waals surface area contributed by atoms with E-state index in [-0.39, 0.29) is 46.1 Å². The Balaban J connectivity index is 1.41. The lowest BCUT2D eigenvalue weighted by atomic mass is 9.97. The minimum atomic E-state index is -4.64. The third kappa shape index (κ3) is 5.87. The van der Waals surface area contributed by atoms with Crippen molar-refractivity contribution in [3.63, 3.8) is 0 Å². The molecule has 1 fully saturated rings. The summed E-state index contributed by atoms with van der Waals surface area (Å²) in [5.74, 6) is -4.06. The Morgan fingerprint density at radius 1 is 0.930 bits per heavy atom. The van der Waals surface area contributed by atoms with Crippen LogP contribution in [0.4, 0.5) is 24.7 Å². The number of hydrogen-bond donors (Lipinski definition) is 3. The number of nitrogens with zero attached hydrogens (tertiary/aromatic N) is 3. The van der Waals surface area contributed by atoms with Gasteiger partial charge in [0.25, 0.3) is 5.91 Å². The maximum Gasteiger partial charge on any atom is 0.416 e. The second-order valence-electron chi connectivity index (χ2n) is 10.0. The number of nitrogens with one attached hydrogen (secondary N) is 1. The van der Waals surface area contributed by atoms with Gasteiger partial charge in [0.2, 0.25) is 0 Å². The normalized spacial score (nSPS) is 15.0. The van der Waals surface area contributed by atoms with Crippen LogP contribution in [0.5, 0.6) is 0 Å². The highest BCUT2D eigenvalue weighted by Crippen LogP contribution is 2.32. The van der Waals surface area contributed by atoms with Gasteiger partial charge in [-0.25, -0.2) is 14.8 Å². The summed E-state index contributed by atoms with van der Waals surface area (Å²) < 4.78 is 39.7. The smallest absolute Gasteiger partial charge is 0.416 e. The quantitative estimate of drug-likeness (QED) is 0.247. The van der Waals surface area contributed by atoms with Gasteiger partial charge in [-0.05, 0) is 55.3 Å². The zero-order valence-electron chi connectivity index (χ0n) is 22.5. The van der Waals surface area contributed by atoms with Crippen LogP contribution in [0.3, 0.4) is 0 Å². The molecular formula is C30H23F3N4O6. The van der Waals surface area contributed by atoms with E-state index < -0.39 is 41.1 Å². The van der Waals surface area contributed by atoms with Gasteiger partial charge in [0.1, 0.15) is 0 Å². The van der Waals surface area contributed by atoms with E-state index in [1.54, 1.807) is 25.1 Å². The fourth-order valence-electron chi connectivity index (χ4n) is 4.86. The number of hydrogen-bond acceptors (Lipinski definition) is 7. The molecule has 1 amide bonds. The van der Waals surface area contributed by atoms with Gasteiger partial charge in [0.05, 0.1) is 22.5 Å². The highest BCUT2D eigenvalue weighted by atomic mass is 19.4. The molecule has 0 bridgehead atoms. The van der Waals surface area contributed by atoms with Crippen LogP contribution in [0.25, 0.3) is 11.0 Å². The number of anilines is 2. The second kappa shape index (κ2) is 11.2. The Labute approximate surface area is 241 Å². The molecular weight excluding hydrogens is 569 g/mol. The maximum atomic E-state index is 13.4. The Hall–Kier alpha value is -5.33. The van der Waals surface area contributed by atoms with Crippen molar-refractivity contribution >= 4 is 46.2 Å². The monoisotopic (exact) mass is 592 g/mol. The number of likely N-dealkylation sites (tertiary alicyclic amines) is 1. The molecule has 1 aliphatic rings. The average molecular weight is 593 g/mol. The fourth-order valence-corrected chi connectivity index (χ4v) is 4.86. The number of amides is 1. The molecule has 10 nitrogen and oxygen atoms in total. The zero-order valence-corrected chi connectivity index (χ0v) is 22.5. The molecule has 1 unspecified atom stereocenters. The van der Waals surface area contributed by atoms with Crippen molar-refractivity contribution in [1.29, 1.82) is 0 Å². The second-order valence-corrected chi connectivity index (χ2v) is 10.0. The first-order valence-corrected chi connectivity index (χ1v) is 13.0. The van der Waals surface area contributed by atoms with E-state index in [2.05, 4.69) is 15.3 Å². The van der Waals surface area contributed by atoms with Crippen molar-refractivity contribution in [2.24, 2.45) is 5.92 Å². The van der Waals surface area contributed by atoms with Crippen molar-refractivity contribution in [2.75, 3.05) is 18.4 Å². The summed E-state index contributed by atoms with van der Waals surface area (Å²) in [5, 5.41) is 21.7. The van der Waals surface area contributed by atoms with Crippen molar-refractivity contribution in [2.45, 2.75) is 19.5 Å². The molecule has 5 rings (SSSR count). The number of carboxylic acid groups (broad SMARTS) is 2. The molecule has 1 aliphatic heterocycles. The van der Waals surface area contributed by atoms with Crippen LogP contribution in [0.15, 0.2) is 60.7 Å². The predicted octanol–water partition coefficient (Wildman–Crippen LogP) is 5.18. The molecule has 1 atom stereocenters. The number of halogens is 3. The summed E-state index contributed by atoms with van der Waals surface area (Å²) in [5.41, 5.74) is -0.190. The Bertz CT molecular complexity index is 1790. The SMILES string of the molecule is Cc1c(Nc2nc3cc(C(F)(F)F)ccc3nc2C(=O)O)cccc1C(=O)c1ccc(C(=O)N2CCC(C(=O)O)C2)cc1. The molecule has 2 heterocycles. The molecule has 3 N–H and O–H groups in total. The van der Waals surface area contributed by atoms with E-state index in [0.29, 0.717) is 24.1 Å². The van der Waals surface area contributed by atoms with E-state index in [9.17, 15) is 42.6 Å². The Morgan fingerprint density at radius 3 is 2.26 bits per heavy atom. The molecule has 0 saturated carbocycles. The fraction of sp³-hybridized carbons (Fsp3) is 0.200. The molecule has 3 aromatic carbocycles. The zero-order chi connectivity index (χ0) is 31.1. The third-order valence-electron chi connectivity index (χ3n) is 7.24. The summed E-state index contributed by atoms with van der Waals surface area (Å²) in [7, 11) is 0. The molecule has 43 heavy (non-hydrogen) atoms. The van der Waals surface area contributed by atoms with Crippen LogP contribution in [0, 0.1) is 12.8 Å². The Morgan fingerprint density at radius 2 is 1.63 bits per heavy atom. The predicted molar refractivity (Wildman–Crippen MR) is 147 cm³/mol. The summed E-state index contributed by atoms with van der Waals surface area (Å²) in [4.78, 5) is 58.8. The molecule has 13 heteroatoms. The van der Waals surface area contributed by atoms with Gasteiger partial charge >= 0.3 is 18.1 Å². The number of rotatable bonds is 7. The number of aliphatic carboxylic acids is 1. The molecule has 220 valence electrons. The highest BCUT2D eigenvalue weighted by molar-refractivity contribution is 6.11. The summed E-state index contributed by atoms with van der Waals surface area (Å²) in [6.45, 7) is 2.04. The number of alkyl halides is 3. The van der Waals surface area contributed by atoms with Crippen LogP contribution >= 0.6 is 0 Å². The van der Waals surface area contributed by atoms with Gasteiger partial charge in [-0.1, -0.05) is 24.3 Å². The number of aromatic carboxylic acids is 1. The first kappa shape index (κ1) is 29.2. The van der Waals surface area contributed by atoms with Gasteiger partial charge in [-0.15, -0.1) is 0 Å². The van der Waals surface area contributed by atoms with Crippen molar-refractivity contribution in [3.8, 4) is 0 Å². The first-order valence-electron chi connectivity index (χ1n) is 13.0. The van der Waals surface area contributed by atoms with Gasteiger partial charge in [0.15, 0.2) is 17.3 Å². The van der Waals surface area contributed by atoms with E-state index in [0.717, 1.165) is 18.2 Å². The van der Waals surface area contributed by atoms with E-state index in [1.807, 2.05) is 0 Å². The lowest BCUT2D eigenvalue weighted by Gasteiger charge is -2.16. The summed E-state index contributed by atoms with van der Waals surface area (Å²) in [6, 6.07) is 13.2. The van der Waals surface area contributed by atoms with E-state index in [1.165, 1.54) is 29.2 Å². The minimum Gasteiger partial charge on any atom is -0.481 e. The summed E-state index contributed by atoms with van der Waals surface area (Å²) >= 11 is 0. The first-order chi connectivity index (χ1) is 20.3. The number of carbonyl (C=O) groups excluding carboxylic acids is 2. The van der Waals surface area contributed by atoms with Crippen LogP contribution in [-0.4, -0.2) is 61.8 Å². The van der Waals surface area contributed by atoms with Gasteiger partial charge in [0, 0.05) is 35.5 Å². The van der Waals surface area contributed by atoms with Gasteiger partial charge in [-0.2, -0.15) is 13.2 Å². The number of benzene rings is 3. The Kier molecular flexibility index (Phi) is 7.57. The largest absolute Gasteiger partial charge is 0.481 e. The van der Waals surface area contributed by atoms with Gasteiger partial charge in [-0.3, -0.25) is 14.4 Å². The van der Waals surface area contributed by atoms with Crippen molar-refractivity contribution < 1.29 is 42.6 Å². The van der Waals surface area contributed by atoms with Crippen LogP contribution in [0.2, 0.25) is 0 Å². The molecule has 0 spiro atoms.